The number of nitrogens with zero attached hydrogens (tertiary/aromatic N) is 2. The predicted molar refractivity (Wildman–Crippen MR) is 155 cm³/mol. The van der Waals surface area contributed by atoms with Gasteiger partial charge in [0.25, 0.3) is 11.5 Å². The second-order valence-corrected chi connectivity index (χ2v) is 11.6. The van der Waals surface area contributed by atoms with Crippen molar-refractivity contribution in [1.29, 1.82) is 0 Å². The molecular formula is C31H34F2N4O7. The SMILES string of the molecule is CCc1c2c(nc3ccc(O)cc13)-c1cc3c(c(=O)n1C2)COC(=O)[C@H]3OC(=O)CCC(F)(F)CNC(=O)[C@@H](N)CC(C)C. The van der Waals surface area contributed by atoms with Crippen molar-refractivity contribution in [3.8, 4) is 17.1 Å². The molecule has 3 aromatic rings. The van der Waals surface area contributed by atoms with E-state index in [4.69, 9.17) is 20.2 Å². The van der Waals surface area contributed by atoms with Gasteiger partial charge in [0.1, 0.15) is 12.4 Å². The first-order valence-corrected chi connectivity index (χ1v) is 14.5. The summed E-state index contributed by atoms with van der Waals surface area (Å²) in [4.78, 5) is 55.7. The van der Waals surface area contributed by atoms with Crippen LogP contribution in [0.1, 0.15) is 68.4 Å². The topological polar surface area (TPSA) is 163 Å². The number of hydrogen-bond donors (Lipinski definition) is 3. The number of carbonyl (C=O) groups excluding carboxylic acids is 3. The molecule has 2 aliphatic rings. The van der Waals surface area contributed by atoms with E-state index < -0.39 is 60.9 Å². The number of rotatable bonds is 10. The molecule has 0 fully saturated rings. The molecule has 5 rings (SSSR count). The smallest absolute Gasteiger partial charge is 0.352 e. The lowest BCUT2D eigenvalue weighted by Crippen LogP contribution is -2.45. The number of hydrogen-bond acceptors (Lipinski definition) is 9. The highest BCUT2D eigenvalue weighted by atomic mass is 19.3. The summed E-state index contributed by atoms with van der Waals surface area (Å²) in [5, 5.41) is 12.9. The van der Waals surface area contributed by atoms with Crippen molar-refractivity contribution in [2.75, 3.05) is 6.54 Å². The number of cyclic esters (lactones) is 1. The zero-order chi connectivity index (χ0) is 31.9. The van der Waals surface area contributed by atoms with Crippen molar-refractivity contribution in [2.24, 2.45) is 11.7 Å². The van der Waals surface area contributed by atoms with E-state index in [0.717, 1.165) is 16.5 Å². The van der Waals surface area contributed by atoms with Crippen molar-refractivity contribution >= 4 is 28.7 Å². The van der Waals surface area contributed by atoms with Crippen LogP contribution < -0.4 is 16.6 Å². The number of aromatic nitrogens is 2. The molecule has 44 heavy (non-hydrogen) atoms. The summed E-state index contributed by atoms with van der Waals surface area (Å²) < 4.78 is 40.9. The second-order valence-electron chi connectivity index (χ2n) is 11.6. The monoisotopic (exact) mass is 612 g/mol. The Morgan fingerprint density at radius 2 is 2.00 bits per heavy atom. The van der Waals surface area contributed by atoms with Gasteiger partial charge in [-0.15, -0.1) is 0 Å². The Labute approximate surface area is 251 Å². The zero-order valence-corrected chi connectivity index (χ0v) is 24.6. The van der Waals surface area contributed by atoms with Crippen molar-refractivity contribution in [2.45, 2.75) is 77.7 Å². The maximum Gasteiger partial charge on any atom is 0.352 e. The van der Waals surface area contributed by atoms with Crippen LogP contribution in [0.2, 0.25) is 0 Å². The average molecular weight is 613 g/mol. The maximum absolute atomic E-state index is 14.5. The van der Waals surface area contributed by atoms with Gasteiger partial charge in [0, 0.05) is 22.9 Å². The summed E-state index contributed by atoms with van der Waals surface area (Å²) in [6.45, 7) is 4.53. The van der Waals surface area contributed by atoms with Gasteiger partial charge in [-0.05, 0) is 48.6 Å². The van der Waals surface area contributed by atoms with E-state index >= 15 is 0 Å². The fraction of sp³-hybridized carbons (Fsp3) is 0.452. The first-order valence-electron chi connectivity index (χ1n) is 14.5. The Hall–Kier alpha value is -4.39. The number of nitrogens with one attached hydrogen (secondary N) is 1. The minimum Gasteiger partial charge on any atom is -0.508 e. The first kappa shape index (κ1) is 31.0. The molecular weight excluding hydrogens is 578 g/mol. The molecule has 0 bridgehead atoms. The van der Waals surface area contributed by atoms with E-state index in [1.807, 2.05) is 20.8 Å². The van der Waals surface area contributed by atoms with Crippen LogP contribution in [0.3, 0.4) is 0 Å². The van der Waals surface area contributed by atoms with Crippen molar-refractivity contribution in [3.05, 3.63) is 56.9 Å². The summed E-state index contributed by atoms with van der Waals surface area (Å²) in [5.74, 6) is -5.98. The number of nitrogens with two attached hydrogens (primary N) is 1. The Bertz CT molecular complexity index is 1720. The number of phenolic OH excluding ortho intramolecular Hbond substituents is 1. The molecule has 1 aromatic carbocycles. The summed E-state index contributed by atoms with van der Waals surface area (Å²) in [7, 11) is 0. The Morgan fingerprint density at radius 3 is 2.70 bits per heavy atom. The summed E-state index contributed by atoms with van der Waals surface area (Å²) in [5.41, 5.74) is 8.78. The number of fused-ring (bicyclic) bond motifs is 5. The molecule has 0 saturated heterocycles. The molecule has 1 amide bonds. The molecule has 2 aliphatic heterocycles. The van der Waals surface area contributed by atoms with Gasteiger partial charge in [-0.1, -0.05) is 20.8 Å². The molecule has 0 aliphatic carbocycles. The molecule has 2 aromatic heterocycles. The van der Waals surface area contributed by atoms with Crippen LogP contribution in [0.4, 0.5) is 8.78 Å². The predicted octanol–water partition coefficient (Wildman–Crippen LogP) is 3.24. The number of benzene rings is 1. The fourth-order valence-corrected chi connectivity index (χ4v) is 5.72. The van der Waals surface area contributed by atoms with E-state index in [1.54, 1.807) is 18.2 Å². The van der Waals surface area contributed by atoms with E-state index in [9.17, 15) is 33.1 Å². The van der Waals surface area contributed by atoms with Gasteiger partial charge in [0.05, 0.1) is 48.0 Å². The minimum absolute atomic E-state index is 0.0887. The largest absolute Gasteiger partial charge is 0.508 e. The minimum atomic E-state index is -3.44. The molecule has 4 heterocycles. The Morgan fingerprint density at radius 1 is 1.25 bits per heavy atom. The molecule has 4 N–H and O–H groups in total. The fourth-order valence-electron chi connectivity index (χ4n) is 5.72. The summed E-state index contributed by atoms with van der Waals surface area (Å²) >= 11 is 0. The van der Waals surface area contributed by atoms with Gasteiger partial charge >= 0.3 is 11.9 Å². The third-order valence-electron chi connectivity index (χ3n) is 7.92. The average Bonchev–Trinajstić information content (AvgIpc) is 3.33. The third-order valence-corrected chi connectivity index (χ3v) is 7.92. The van der Waals surface area contributed by atoms with E-state index in [2.05, 4.69) is 5.32 Å². The molecule has 0 radical (unpaired) electrons. The quantitative estimate of drug-likeness (QED) is 0.228. The number of phenols is 1. The summed E-state index contributed by atoms with van der Waals surface area (Å²) in [6.07, 6.45) is -2.40. The zero-order valence-electron chi connectivity index (χ0n) is 24.6. The van der Waals surface area contributed by atoms with Gasteiger partial charge in [0.2, 0.25) is 12.0 Å². The van der Waals surface area contributed by atoms with Crippen molar-refractivity contribution in [1.82, 2.24) is 14.9 Å². The second kappa shape index (κ2) is 11.9. The first-order chi connectivity index (χ1) is 20.8. The van der Waals surface area contributed by atoms with Crippen LogP contribution in [0.5, 0.6) is 5.75 Å². The van der Waals surface area contributed by atoms with Gasteiger partial charge in [-0.3, -0.25) is 14.4 Å². The number of halogens is 2. The van der Waals surface area contributed by atoms with Gasteiger partial charge in [0.15, 0.2) is 0 Å². The number of aromatic hydroxyl groups is 1. The van der Waals surface area contributed by atoms with Crippen LogP contribution in [0, 0.1) is 5.92 Å². The van der Waals surface area contributed by atoms with Crippen LogP contribution in [-0.2, 0) is 43.4 Å². The summed E-state index contributed by atoms with van der Waals surface area (Å²) in [6, 6.07) is 5.44. The third kappa shape index (κ3) is 6.01. The number of aryl methyl sites for hydroxylation is 1. The highest BCUT2D eigenvalue weighted by Gasteiger charge is 2.39. The van der Waals surface area contributed by atoms with Gasteiger partial charge in [-0.25, -0.2) is 18.6 Å². The normalized spacial score (nSPS) is 16.2. The number of ether oxygens (including phenoxy) is 2. The molecule has 234 valence electrons. The van der Waals surface area contributed by atoms with Crippen LogP contribution in [-0.4, -0.2) is 51.0 Å². The van der Waals surface area contributed by atoms with Crippen LogP contribution in [0.15, 0.2) is 29.1 Å². The highest BCUT2D eigenvalue weighted by Crippen LogP contribution is 2.39. The lowest BCUT2D eigenvalue weighted by molar-refractivity contribution is -0.172. The number of alkyl halides is 2. The van der Waals surface area contributed by atoms with Crippen LogP contribution in [0.25, 0.3) is 22.3 Å². The standard InChI is InChI=1S/C31H34F2N4O7/c1-4-17-18-10-16(38)5-6-23(18)36-26-20(17)12-37-24(26)11-19-21(29(37)41)13-43-30(42)27(19)44-25(39)7-8-31(32,33)14-35-28(40)22(34)9-15(2)3/h5-6,10-11,15,22,27,38H,4,7-9,12-14,34H2,1-3H3,(H,35,40)/t22-,27-/m0/s1. The number of amides is 1. The van der Waals surface area contributed by atoms with E-state index in [-0.39, 0.29) is 35.9 Å². The lowest BCUT2D eigenvalue weighted by atomic mass is 9.97. The Kier molecular flexibility index (Phi) is 8.43. The molecule has 13 heteroatoms. The number of pyridine rings is 2. The van der Waals surface area contributed by atoms with E-state index in [0.29, 0.717) is 29.7 Å². The highest BCUT2D eigenvalue weighted by molar-refractivity contribution is 5.89. The van der Waals surface area contributed by atoms with Crippen molar-refractivity contribution < 1.29 is 37.7 Å². The molecule has 0 saturated carbocycles. The molecule has 0 spiro atoms. The molecule has 0 unspecified atom stereocenters. The van der Waals surface area contributed by atoms with E-state index in [1.165, 1.54) is 10.6 Å². The molecule has 2 atom stereocenters. The number of carbonyl (C=O) groups is 3. The maximum atomic E-state index is 14.5. The van der Waals surface area contributed by atoms with Crippen molar-refractivity contribution in [3.63, 3.8) is 0 Å². The van der Waals surface area contributed by atoms with Gasteiger partial charge < -0.3 is 30.2 Å². The number of esters is 2. The van der Waals surface area contributed by atoms with Gasteiger partial charge in [-0.2, -0.15) is 0 Å². The molecule has 11 nitrogen and oxygen atoms in total. The lowest BCUT2D eigenvalue weighted by Gasteiger charge is -2.25. The van der Waals surface area contributed by atoms with Crippen LogP contribution >= 0.6 is 0 Å². The Balaban J connectivity index is 1.35.